The average molecular weight is 322 g/mol. The van der Waals surface area contributed by atoms with E-state index in [1.165, 1.54) is 12.8 Å². The maximum atomic E-state index is 12.4. The fourth-order valence-corrected chi connectivity index (χ4v) is 3.68. The molecule has 1 saturated heterocycles. The van der Waals surface area contributed by atoms with Crippen LogP contribution < -0.4 is 4.74 Å². The Morgan fingerprint density at radius 2 is 2.21 bits per heavy atom. The van der Waals surface area contributed by atoms with Crippen molar-refractivity contribution in [3.8, 4) is 5.75 Å². The molecule has 1 unspecified atom stereocenters. The van der Waals surface area contributed by atoms with Gasteiger partial charge in [-0.3, -0.25) is 9.69 Å². The van der Waals surface area contributed by atoms with E-state index in [0.29, 0.717) is 6.42 Å². The van der Waals surface area contributed by atoms with Crippen molar-refractivity contribution in [2.24, 2.45) is 0 Å². The van der Waals surface area contributed by atoms with Crippen LogP contribution in [0.15, 0.2) is 22.7 Å². The van der Waals surface area contributed by atoms with Crippen LogP contribution in [0, 0.1) is 0 Å². The summed E-state index contributed by atoms with van der Waals surface area (Å²) in [5.74, 6) is 0.984. The number of halogens is 1. The number of benzene rings is 1. The molecule has 1 atom stereocenters. The molecule has 0 N–H and O–H groups in total. The Labute approximate surface area is 121 Å². The number of fused-ring (bicyclic) bond motifs is 1. The Hall–Kier alpha value is -0.870. The van der Waals surface area contributed by atoms with E-state index in [1.54, 1.807) is 0 Å². The zero-order valence-electron chi connectivity index (χ0n) is 10.7. The number of ketones is 1. The Bertz CT molecular complexity index is 555. The molecule has 4 heteroatoms. The molecule has 3 aliphatic rings. The number of nitrogens with zero attached hydrogens (tertiary/aromatic N) is 1. The van der Waals surface area contributed by atoms with Gasteiger partial charge in [0.1, 0.15) is 11.4 Å². The summed E-state index contributed by atoms with van der Waals surface area (Å²) < 4.78 is 7.17. The summed E-state index contributed by atoms with van der Waals surface area (Å²) in [6.45, 7) is 1.99. The molecule has 100 valence electrons. The van der Waals surface area contributed by atoms with E-state index in [-0.39, 0.29) is 11.4 Å². The molecular weight excluding hydrogens is 306 g/mol. The lowest BCUT2D eigenvalue weighted by Crippen LogP contribution is -2.44. The third-order valence-electron chi connectivity index (χ3n) is 4.46. The molecule has 0 bridgehead atoms. The largest absolute Gasteiger partial charge is 0.485 e. The van der Waals surface area contributed by atoms with Crippen LogP contribution in [-0.2, 0) is 0 Å². The second kappa shape index (κ2) is 4.06. The number of hydrogen-bond acceptors (Lipinski definition) is 3. The van der Waals surface area contributed by atoms with Gasteiger partial charge in [-0.25, -0.2) is 0 Å². The predicted octanol–water partition coefficient (Wildman–Crippen LogP) is 3.02. The standard InChI is InChI=1S/C15H16BrNO2/c16-10-1-4-14-12(7-10)13(18)8-15(19-14)5-6-17(9-15)11-2-3-11/h1,4,7,11H,2-3,5-6,8-9H2. The first-order valence-corrected chi connectivity index (χ1v) is 7.70. The average Bonchev–Trinajstić information content (AvgIpc) is 3.15. The van der Waals surface area contributed by atoms with Crippen molar-refractivity contribution in [2.45, 2.75) is 37.3 Å². The zero-order valence-corrected chi connectivity index (χ0v) is 12.3. The smallest absolute Gasteiger partial charge is 0.170 e. The van der Waals surface area contributed by atoms with E-state index in [0.717, 1.165) is 41.3 Å². The molecule has 3 nitrogen and oxygen atoms in total. The van der Waals surface area contributed by atoms with Crippen LogP contribution in [0.1, 0.15) is 36.0 Å². The first-order chi connectivity index (χ1) is 9.15. The predicted molar refractivity (Wildman–Crippen MR) is 75.7 cm³/mol. The summed E-state index contributed by atoms with van der Waals surface area (Å²) in [6, 6.07) is 6.49. The SMILES string of the molecule is O=C1CC2(CCN(C3CC3)C2)Oc2ccc(Br)cc21. The Morgan fingerprint density at radius 3 is 3.00 bits per heavy atom. The minimum Gasteiger partial charge on any atom is -0.485 e. The molecular formula is C15H16BrNO2. The van der Waals surface area contributed by atoms with Crippen molar-refractivity contribution in [3.63, 3.8) is 0 Å². The molecule has 4 rings (SSSR count). The zero-order chi connectivity index (χ0) is 13.0. The summed E-state index contributed by atoms with van der Waals surface area (Å²) in [6.07, 6.45) is 4.13. The van der Waals surface area contributed by atoms with Gasteiger partial charge in [0.15, 0.2) is 5.78 Å². The van der Waals surface area contributed by atoms with E-state index in [1.807, 2.05) is 18.2 Å². The molecule has 0 radical (unpaired) electrons. The number of hydrogen-bond donors (Lipinski definition) is 0. The lowest BCUT2D eigenvalue weighted by Gasteiger charge is -2.35. The van der Waals surface area contributed by atoms with Gasteiger partial charge in [-0.1, -0.05) is 15.9 Å². The molecule has 1 aliphatic carbocycles. The Balaban J connectivity index is 1.64. The number of ether oxygens (including phenoxy) is 1. The highest BCUT2D eigenvalue weighted by Crippen LogP contribution is 2.42. The van der Waals surface area contributed by atoms with Gasteiger partial charge in [0.2, 0.25) is 0 Å². The fraction of sp³-hybridized carbons (Fsp3) is 0.533. The lowest BCUT2D eigenvalue weighted by atomic mass is 9.89. The van der Waals surface area contributed by atoms with Gasteiger partial charge in [0.25, 0.3) is 0 Å². The van der Waals surface area contributed by atoms with Crippen LogP contribution in [0.4, 0.5) is 0 Å². The van der Waals surface area contributed by atoms with E-state index >= 15 is 0 Å². The maximum Gasteiger partial charge on any atom is 0.170 e. The molecule has 2 heterocycles. The molecule has 1 aromatic rings. The van der Waals surface area contributed by atoms with Crippen molar-refractivity contribution in [2.75, 3.05) is 13.1 Å². The Morgan fingerprint density at radius 1 is 1.37 bits per heavy atom. The molecule has 0 amide bonds. The minimum absolute atomic E-state index is 0.222. The van der Waals surface area contributed by atoms with Gasteiger partial charge in [0.05, 0.1) is 12.0 Å². The van der Waals surface area contributed by atoms with Crippen molar-refractivity contribution in [1.29, 1.82) is 0 Å². The van der Waals surface area contributed by atoms with Gasteiger partial charge >= 0.3 is 0 Å². The van der Waals surface area contributed by atoms with Crippen LogP contribution in [0.2, 0.25) is 0 Å². The highest BCUT2D eigenvalue weighted by molar-refractivity contribution is 9.10. The highest BCUT2D eigenvalue weighted by atomic mass is 79.9. The van der Waals surface area contributed by atoms with Gasteiger partial charge in [0, 0.05) is 30.0 Å². The molecule has 1 saturated carbocycles. The van der Waals surface area contributed by atoms with Crippen LogP contribution in [-0.4, -0.2) is 35.4 Å². The first kappa shape index (κ1) is 11.9. The fourth-order valence-electron chi connectivity index (χ4n) is 3.32. The molecule has 0 aromatic heterocycles. The van der Waals surface area contributed by atoms with Crippen molar-refractivity contribution < 1.29 is 9.53 Å². The van der Waals surface area contributed by atoms with Gasteiger partial charge in [-0.05, 0) is 31.0 Å². The normalized spacial score (nSPS) is 30.5. The molecule has 1 spiro atoms. The first-order valence-electron chi connectivity index (χ1n) is 6.91. The van der Waals surface area contributed by atoms with Crippen LogP contribution >= 0.6 is 15.9 Å². The summed E-state index contributed by atoms with van der Waals surface area (Å²) in [4.78, 5) is 14.9. The summed E-state index contributed by atoms with van der Waals surface area (Å²) in [5, 5.41) is 0. The second-order valence-corrected chi connectivity index (χ2v) is 6.89. The molecule has 1 aromatic carbocycles. The van der Waals surface area contributed by atoms with E-state index in [2.05, 4.69) is 20.8 Å². The number of Topliss-reactive ketones (excluding diaryl/α,β-unsaturated/α-hetero) is 1. The lowest BCUT2D eigenvalue weighted by molar-refractivity contribution is 0.0454. The minimum atomic E-state index is -0.263. The number of likely N-dealkylation sites (tertiary alicyclic amines) is 1. The second-order valence-electron chi connectivity index (χ2n) is 5.98. The van der Waals surface area contributed by atoms with Gasteiger partial charge in [-0.2, -0.15) is 0 Å². The third-order valence-corrected chi connectivity index (χ3v) is 4.95. The number of rotatable bonds is 1. The van der Waals surface area contributed by atoms with Crippen molar-refractivity contribution in [1.82, 2.24) is 4.90 Å². The third kappa shape index (κ3) is 2.01. The monoisotopic (exact) mass is 321 g/mol. The van der Waals surface area contributed by atoms with Crippen molar-refractivity contribution >= 4 is 21.7 Å². The topological polar surface area (TPSA) is 29.5 Å². The van der Waals surface area contributed by atoms with Gasteiger partial charge < -0.3 is 4.74 Å². The van der Waals surface area contributed by atoms with E-state index in [4.69, 9.17) is 4.74 Å². The summed E-state index contributed by atoms with van der Waals surface area (Å²) >= 11 is 3.41. The molecule has 19 heavy (non-hydrogen) atoms. The molecule has 2 fully saturated rings. The van der Waals surface area contributed by atoms with Crippen LogP contribution in [0.25, 0.3) is 0 Å². The number of carbonyl (C=O) groups is 1. The highest BCUT2D eigenvalue weighted by Gasteiger charge is 2.48. The quantitative estimate of drug-likeness (QED) is 0.796. The van der Waals surface area contributed by atoms with Crippen molar-refractivity contribution in [3.05, 3.63) is 28.2 Å². The summed E-state index contributed by atoms with van der Waals surface area (Å²) in [5.41, 5.74) is 0.463. The Kier molecular flexibility index (Phi) is 2.55. The van der Waals surface area contributed by atoms with Crippen LogP contribution in [0.3, 0.4) is 0 Å². The number of carbonyl (C=O) groups excluding carboxylic acids is 1. The van der Waals surface area contributed by atoms with Gasteiger partial charge in [-0.15, -0.1) is 0 Å². The maximum absolute atomic E-state index is 12.4. The van der Waals surface area contributed by atoms with Crippen LogP contribution in [0.5, 0.6) is 5.75 Å². The summed E-state index contributed by atoms with van der Waals surface area (Å²) in [7, 11) is 0. The van der Waals surface area contributed by atoms with E-state index < -0.39 is 0 Å². The molecule has 2 aliphatic heterocycles. The van der Waals surface area contributed by atoms with E-state index in [9.17, 15) is 4.79 Å².